The number of para-hydroxylation sites is 2. The molecule has 37 heavy (non-hydrogen) atoms. The van der Waals surface area contributed by atoms with Gasteiger partial charge in [0, 0.05) is 38.4 Å². The molecular weight excluding hydrogens is 469 g/mol. The highest BCUT2D eigenvalue weighted by molar-refractivity contribution is 5.85. The second-order valence-electron chi connectivity index (χ2n) is 9.66. The molecule has 1 aliphatic heterocycles. The zero-order valence-corrected chi connectivity index (χ0v) is 21.0. The summed E-state index contributed by atoms with van der Waals surface area (Å²) in [5.74, 6) is 0.627. The Balaban J connectivity index is 1.18. The van der Waals surface area contributed by atoms with Crippen LogP contribution < -0.4 is 10.2 Å². The van der Waals surface area contributed by atoms with Crippen LogP contribution in [0.1, 0.15) is 24.0 Å². The minimum atomic E-state index is -0.963. The fraction of sp³-hybridized carbons (Fsp3) is 0.310. The summed E-state index contributed by atoms with van der Waals surface area (Å²) in [6, 6.07) is 22.8. The number of piperidine rings is 1. The largest absolute Gasteiger partial charge is 0.465 e. The average molecular weight is 502 g/mol. The molecule has 1 fully saturated rings. The summed E-state index contributed by atoms with van der Waals surface area (Å²) in [6.45, 7) is 3.62. The highest BCUT2D eigenvalue weighted by atomic mass is 19.1. The molecule has 2 N–H and O–H groups in total. The lowest BCUT2D eigenvalue weighted by Crippen LogP contribution is -2.40. The molecule has 4 aromatic rings. The number of fused-ring (bicyclic) bond motifs is 1. The van der Waals surface area contributed by atoms with Gasteiger partial charge in [0.15, 0.2) is 0 Å². The lowest BCUT2D eigenvalue weighted by Gasteiger charge is -2.32. The van der Waals surface area contributed by atoms with E-state index in [-0.39, 0.29) is 5.82 Å². The molecule has 8 heteroatoms. The molecule has 1 amide bonds. The quantitative estimate of drug-likeness (QED) is 0.336. The number of nitrogens with zero attached hydrogens (tertiary/aromatic N) is 4. The molecule has 1 saturated heterocycles. The monoisotopic (exact) mass is 501 g/mol. The number of likely N-dealkylation sites (tertiary alicyclic amines) is 1. The number of imidazole rings is 1. The summed E-state index contributed by atoms with van der Waals surface area (Å²) in [4.78, 5) is 19.7. The molecule has 7 nitrogen and oxygen atoms in total. The van der Waals surface area contributed by atoms with Crippen molar-refractivity contribution in [2.75, 3.05) is 36.9 Å². The molecule has 2 heterocycles. The van der Waals surface area contributed by atoms with Gasteiger partial charge in [0.1, 0.15) is 5.82 Å². The number of rotatable bonds is 8. The van der Waals surface area contributed by atoms with Gasteiger partial charge in [0.25, 0.3) is 0 Å². The van der Waals surface area contributed by atoms with Gasteiger partial charge in [0.05, 0.1) is 17.6 Å². The van der Waals surface area contributed by atoms with Gasteiger partial charge in [-0.05, 0) is 66.8 Å². The Morgan fingerprint density at radius 1 is 1.03 bits per heavy atom. The summed E-state index contributed by atoms with van der Waals surface area (Å²) in [7, 11) is 1.55. The van der Waals surface area contributed by atoms with Gasteiger partial charge in [-0.1, -0.05) is 36.4 Å². The first kappa shape index (κ1) is 24.8. The van der Waals surface area contributed by atoms with Gasteiger partial charge >= 0.3 is 6.09 Å². The second kappa shape index (κ2) is 11.0. The maximum atomic E-state index is 13.4. The molecule has 0 spiro atoms. The van der Waals surface area contributed by atoms with Crippen molar-refractivity contribution in [3.8, 4) is 0 Å². The van der Waals surface area contributed by atoms with Gasteiger partial charge in [-0.15, -0.1) is 0 Å². The summed E-state index contributed by atoms with van der Waals surface area (Å²) < 4.78 is 15.6. The Hall–Kier alpha value is -3.91. The van der Waals surface area contributed by atoms with E-state index in [0.717, 1.165) is 61.4 Å². The number of halogens is 1. The highest BCUT2D eigenvalue weighted by Crippen LogP contribution is 2.24. The van der Waals surface area contributed by atoms with Gasteiger partial charge in [-0.2, -0.15) is 0 Å². The van der Waals surface area contributed by atoms with Gasteiger partial charge < -0.3 is 19.9 Å². The topological polar surface area (TPSA) is 73.6 Å². The van der Waals surface area contributed by atoms with Crippen molar-refractivity contribution in [2.24, 2.45) is 0 Å². The number of anilines is 2. The number of carbonyl (C=O) groups is 1. The zero-order chi connectivity index (χ0) is 25.8. The van der Waals surface area contributed by atoms with Crippen LogP contribution in [0.3, 0.4) is 0 Å². The van der Waals surface area contributed by atoms with E-state index < -0.39 is 6.09 Å². The number of nitrogens with one attached hydrogen (secondary N) is 1. The lowest BCUT2D eigenvalue weighted by atomic mass is 10.0. The van der Waals surface area contributed by atoms with Crippen LogP contribution in [-0.2, 0) is 13.0 Å². The molecule has 1 aromatic heterocycles. The number of hydrogen-bond donors (Lipinski definition) is 2. The molecular formula is C29H32FN5O2. The number of amides is 1. The molecule has 0 atom stereocenters. The van der Waals surface area contributed by atoms with E-state index in [1.807, 2.05) is 54.6 Å². The fourth-order valence-electron chi connectivity index (χ4n) is 4.89. The molecule has 0 saturated carbocycles. The summed E-state index contributed by atoms with van der Waals surface area (Å²) in [5, 5.41) is 12.8. The average Bonchev–Trinajstić information content (AvgIpc) is 3.26. The van der Waals surface area contributed by atoms with Crippen LogP contribution in [0.4, 0.5) is 20.8 Å². The molecule has 0 aliphatic carbocycles. The fourth-order valence-corrected chi connectivity index (χ4v) is 4.89. The minimum absolute atomic E-state index is 0.229. The predicted octanol–water partition coefficient (Wildman–Crippen LogP) is 5.46. The first-order valence-corrected chi connectivity index (χ1v) is 12.7. The Kier molecular flexibility index (Phi) is 7.37. The molecule has 3 aromatic carbocycles. The predicted molar refractivity (Wildman–Crippen MR) is 145 cm³/mol. The van der Waals surface area contributed by atoms with Crippen molar-refractivity contribution in [3.05, 3.63) is 89.7 Å². The van der Waals surface area contributed by atoms with Crippen LogP contribution in [-0.4, -0.2) is 58.4 Å². The maximum Gasteiger partial charge on any atom is 0.411 e. The van der Waals surface area contributed by atoms with E-state index in [1.165, 1.54) is 22.6 Å². The van der Waals surface area contributed by atoms with Crippen molar-refractivity contribution in [1.29, 1.82) is 0 Å². The number of hydrogen-bond acceptors (Lipinski definition) is 4. The number of aromatic nitrogens is 2. The Morgan fingerprint density at radius 2 is 1.70 bits per heavy atom. The first-order valence-electron chi connectivity index (χ1n) is 12.7. The summed E-state index contributed by atoms with van der Waals surface area (Å²) in [5.41, 5.74) is 4.92. The first-order chi connectivity index (χ1) is 18.0. The third-order valence-corrected chi connectivity index (χ3v) is 7.16. The van der Waals surface area contributed by atoms with Crippen molar-refractivity contribution < 1.29 is 14.3 Å². The van der Waals surface area contributed by atoms with Gasteiger partial charge in [-0.3, -0.25) is 4.90 Å². The van der Waals surface area contributed by atoms with Gasteiger partial charge in [-0.25, -0.2) is 14.2 Å². The smallest absolute Gasteiger partial charge is 0.411 e. The normalized spacial score (nSPS) is 14.6. The third-order valence-electron chi connectivity index (χ3n) is 7.16. The zero-order valence-electron chi connectivity index (χ0n) is 21.0. The molecule has 0 unspecified atom stereocenters. The third kappa shape index (κ3) is 5.91. The van der Waals surface area contributed by atoms with E-state index in [0.29, 0.717) is 18.3 Å². The van der Waals surface area contributed by atoms with E-state index in [9.17, 15) is 9.18 Å². The molecule has 1 aliphatic rings. The highest BCUT2D eigenvalue weighted by Gasteiger charge is 2.21. The van der Waals surface area contributed by atoms with Crippen LogP contribution in [0.5, 0.6) is 0 Å². The van der Waals surface area contributed by atoms with Gasteiger partial charge in [0.2, 0.25) is 5.95 Å². The minimum Gasteiger partial charge on any atom is -0.465 e. The van der Waals surface area contributed by atoms with Crippen LogP contribution in [0.25, 0.3) is 11.0 Å². The standard InChI is InChI=1S/C29H32FN5O2/c1-33(29(36)37)25-12-8-21(9-13-25)14-17-34-18-15-24(16-19-34)31-28-32-26-4-2-3-5-27(26)35(28)20-22-6-10-23(30)11-7-22/h2-13,24H,14-20H2,1H3,(H,31,32)(H,36,37). The van der Waals surface area contributed by atoms with Crippen molar-refractivity contribution in [1.82, 2.24) is 14.5 Å². The number of benzene rings is 3. The SMILES string of the molecule is CN(C(=O)O)c1ccc(CCN2CCC(Nc3nc4ccccc4n3Cc3ccc(F)cc3)CC2)cc1. The number of carboxylic acid groups (broad SMARTS) is 1. The Bertz CT molecular complexity index is 1350. The van der Waals surface area contributed by atoms with E-state index in [2.05, 4.69) is 20.9 Å². The molecule has 192 valence electrons. The van der Waals surface area contributed by atoms with E-state index >= 15 is 0 Å². The van der Waals surface area contributed by atoms with Crippen molar-refractivity contribution in [2.45, 2.75) is 31.8 Å². The maximum absolute atomic E-state index is 13.4. The second-order valence-corrected chi connectivity index (χ2v) is 9.66. The van der Waals surface area contributed by atoms with Crippen molar-refractivity contribution in [3.63, 3.8) is 0 Å². The Labute approximate surface area is 216 Å². The Morgan fingerprint density at radius 3 is 2.41 bits per heavy atom. The van der Waals surface area contributed by atoms with E-state index in [1.54, 1.807) is 7.05 Å². The van der Waals surface area contributed by atoms with Crippen LogP contribution in [0, 0.1) is 5.82 Å². The van der Waals surface area contributed by atoms with Crippen LogP contribution in [0.2, 0.25) is 0 Å². The summed E-state index contributed by atoms with van der Waals surface area (Å²) >= 11 is 0. The van der Waals surface area contributed by atoms with Crippen molar-refractivity contribution >= 4 is 28.8 Å². The lowest BCUT2D eigenvalue weighted by molar-refractivity contribution is 0.203. The van der Waals surface area contributed by atoms with Crippen LogP contribution >= 0.6 is 0 Å². The molecule has 0 radical (unpaired) electrons. The molecule has 0 bridgehead atoms. The van der Waals surface area contributed by atoms with E-state index in [4.69, 9.17) is 10.1 Å². The summed E-state index contributed by atoms with van der Waals surface area (Å²) in [6.07, 6.45) is 2.03. The molecule has 5 rings (SSSR count). The van der Waals surface area contributed by atoms with Crippen LogP contribution in [0.15, 0.2) is 72.8 Å².